The van der Waals surface area contributed by atoms with Gasteiger partial charge in [-0.25, -0.2) is 0 Å². The van der Waals surface area contributed by atoms with Crippen molar-refractivity contribution in [2.75, 3.05) is 0 Å². The summed E-state index contributed by atoms with van der Waals surface area (Å²) in [5.41, 5.74) is 5.94. The third-order valence-corrected chi connectivity index (χ3v) is 3.46. The summed E-state index contributed by atoms with van der Waals surface area (Å²) in [6, 6.07) is 7.11. The van der Waals surface area contributed by atoms with E-state index in [0.29, 0.717) is 10.2 Å². The van der Waals surface area contributed by atoms with E-state index in [2.05, 4.69) is 15.5 Å². The number of carbonyl (C=O) groups is 1. The number of carbonyl (C=O) groups excluding carboxylic acids is 1. The van der Waals surface area contributed by atoms with Crippen LogP contribution in [-0.4, -0.2) is 31.4 Å². The number of nitrogens with two attached hydrogens (primary N) is 1. The van der Waals surface area contributed by atoms with Crippen molar-refractivity contribution in [1.82, 2.24) is 20.2 Å². The number of rotatable bonds is 4. The summed E-state index contributed by atoms with van der Waals surface area (Å²) in [6.07, 6.45) is 0. The van der Waals surface area contributed by atoms with Crippen molar-refractivity contribution in [2.24, 2.45) is 5.73 Å². The molecule has 0 aliphatic carbocycles. The summed E-state index contributed by atoms with van der Waals surface area (Å²) >= 11 is 7.10. The SMILES string of the molecule is CC(Sc1nnnn1-c1cccc(Cl)c1)C(N)=O. The maximum Gasteiger partial charge on any atom is 0.230 e. The van der Waals surface area contributed by atoms with Crippen LogP contribution in [0.4, 0.5) is 0 Å². The number of nitrogens with zero attached hydrogens (tertiary/aromatic N) is 4. The molecule has 94 valence electrons. The molecule has 8 heteroatoms. The highest BCUT2D eigenvalue weighted by Gasteiger charge is 2.16. The van der Waals surface area contributed by atoms with Crippen molar-refractivity contribution in [3.63, 3.8) is 0 Å². The van der Waals surface area contributed by atoms with E-state index in [1.165, 1.54) is 16.4 Å². The molecule has 1 heterocycles. The summed E-state index contributed by atoms with van der Waals surface area (Å²) < 4.78 is 1.51. The number of thioether (sulfide) groups is 1. The molecule has 0 bridgehead atoms. The Balaban J connectivity index is 2.30. The highest BCUT2D eigenvalue weighted by molar-refractivity contribution is 8.00. The number of primary amides is 1. The Morgan fingerprint density at radius 1 is 1.56 bits per heavy atom. The highest BCUT2D eigenvalue weighted by Crippen LogP contribution is 2.23. The number of benzene rings is 1. The smallest absolute Gasteiger partial charge is 0.230 e. The van der Waals surface area contributed by atoms with Crippen LogP contribution in [0.25, 0.3) is 5.69 Å². The fraction of sp³-hybridized carbons (Fsp3) is 0.200. The Morgan fingerprint density at radius 3 is 3.00 bits per heavy atom. The molecule has 2 rings (SSSR count). The molecule has 1 unspecified atom stereocenters. The molecule has 0 radical (unpaired) electrons. The van der Waals surface area contributed by atoms with Crippen LogP contribution in [0.3, 0.4) is 0 Å². The first-order chi connectivity index (χ1) is 8.58. The first-order valence-corrected chi connectivity index (χ1v) is 6.34. The van der Waals surface area contributed by atoms with Crippen LogP contribution >= 0.6 is 23.4 Å². The molecule has 0 aliphatic heterocycles. The molecule has 0 spiro atoms. The van der Waals surface area contributed by atoms with E-state index in [0.717, 1.165) is 5.69 Å². The summed E-state index contributed by atoms with van der Waals surface area (Å²) in [6.45, 7) is 1.70. The van der Waals surface area contributed by atoms with Crippen molar-refractivity contribution in [3.05, 3.63) is 29.3 Å². The van der Waals surface area contributed by atoms with Crippen LogP contribution in [0.2, 0.25) is 5.02 Å². The van der Waals surface area contributed by atoms with Crippen LogP contribution in [0, 0.1) is 0 Å². The minimum atomic E-state index is -0.416. The molecule has 1 amide bonds. The quantitative estimate of drug-likeness (QED) is 0.854. The number of amides is 1. The van der Waals surface area contributed by atoms with E-state index in [4.69, 9.17) is 17.3 Å². The van der Waals surface area contributed by atoms with Crippen LogP contribution in [0.1, 0.15) is 6.92 Å². The molecule has 0 fully saturated rings. The summed E-state index contributed by atoms with van der Waals surface area (Å²) in [5.74, 6) is -0.416. The third kappa shape index (κ3) is 2.80. The molecular weight excluding hydrogens is 274 g/mol. The summed E-state index contributed by atoms with van der Waals surface area (Å²) in [4.78, 5) is 11.0. The van der Waals surface area contributed by atoms with Gasteiger partial charge in [0.1, 0.15) is 0 Å². The van der Waals surface area contributed by atoms with Gasteiger partial charge in [0.05, 0.1) is 10.9 Å². The van der Waals surface area contributed by atoms with E-state index in [-0.39, 0.29) is 0 Å². The Bertz CT molecular complexity index is 573. The Hall–Kier alpha value is -1.60. The Labute approximate surface area is 112 Å². The first kappa shape index (κ1) is 12.8. The van der Waals surface area contributed by atoms with Crippen molar-refractivity contribution in [2.45, 2.75) is 17.3 Å². The standard InChI is InChI=1S/C10H10ClN5OS/c1-6(9(12)17)18-10-13-14-15-16(10)8-4-2-3-7(11)5-8/h2-6H,1H3,(H2,12,17). The summed E-state index contributed by atoms with van der Waals surface area (Å²) in [5, 5.41) is 12.0. The van der Waals surface area contributed by atoms with E-state index >= 15 is 0 Å². The van der Waals surface area contributed by atoms with E-state index in [1.54, 1.807) is 25.1 Å². The van der Waals surface area contributed by atoms with Gasteiger partial charge in [-0.2, -0.15) is 4.68 Å². The number of hydrogen-bond acceptors (Lipinski definition) is 5. The van der Waals surface area contributed by atoms with Crippen molar-refractivity contribution >= 4 is 29.3 Å². The normalized spacial score (nSPS) is 12.3. The van der Waals surface area contributed by atoms with Gasteiger partial charge in [0.15, 0.2) is 0 Å². The monoisotopic (exact) mass is 283 g/mol. The molecular formula is C10H10ClN5OS. The van der Waals surface area contributed by atoms with Crippen LogP contribution < -0.4 is 5.73 Å². The minimum absolute atomic E-state index is 0.408. The highest BCUT2D eigenvalue weighted by atomic mass is 35.5. The molecule has 2 N–H and O–H groups in total. The lowest BCUT2D eigenvalue weighted by Gasteiger charge is -2.07. The zero-order chi connectivity index (χ0) is 13.1. The summed E-state index contributed by atoms with van der Waals surface area (Å²) in [7, 11) is 0. The van der Waals surface area contributed by atoms with Crippen LogP contribution in [0.5, 0.6) is 0 Å². The molecule has 0 aliphatic rings. The van der Waals surface area contributed by atoms with Gasteiger partial charge in [-0.15, -0.1) is 5.10 Å². The molecule has 1 aromatic heterocycles. The lowest BCUT2D eigenvalue weighted by Crippen LogP contribution is -2.23. The zero-order valence-electron chi connectivity index (χ0n) is 9.45. The lowest BCUT2D eigenvalue weighted by molar-refractivity contribution is -0.117. The fourth-order valence-corrected chi connectivity index (χ4v) is 2.18. The van der Waals surface area contributed by atoms with Crippen molar-refractivity contribution < 1.29 is 4.79 Å². The van der Waals surface area contributed by atoms with Gasteiger partial charge in [-0.3, -0.25) is 4.79 Å². The predicted molar refractivity (Wildman–Crippen MR) is 68.7 cm³/mol. The van der Waals surface area contributed by atoms with Gasteiger partial charge < -0.3 is 5.73 Å². The van der Waals surface area contributed by atoms with Gasteiger partial charge in [0.2, 0.25) is 11.1 Å². The molecule has 18 heavy (non-hydrogen) atoms. The minimum Gasteiger partial charge on any atom is -0.369 e. The second kappa shape index (κ2) is 5.36. The van der Waals surface area contributed by atoms with Gasteiger partial charge in [-0.05, 0) is 35.5 Å². The number of hydrogen-bond donors (Lipinski definition) is 1. The largest absolute Gasteiger partial charge is 0.369 e. The van der Waals surface area contributed by atoms with Crippen molar-refractivity contribution in [1.29, 1.82) is 0 Å². The topological polar surface area (TPSA) is 86.7 Å². The fourth-order valence-electron chi connectivity index (χ4n) is 1.24. The Kier molecular flexibility index (Phi) is 3.83. The molecule has 0 saturated carbocycles. The molecule has 1 atom stereocenters. The zero-order valence-corrected chi connectivity index (χ0v) is 11.0. The molecule has 1 aromatic carbocycles. The second-order valence-electron chi connectivity index (χ2n) is 3.52. The predicted octanol–water partition coefficient (Wildman–Crippen LogP) is 1.28. The van der Waals surface area contributed by atoms with Gasteiger partial charge in [0, 0.05) is 5.02 Å². The average Bonchev–Trinajstić information content (AvgIpc) is 2.77. The van der Waals surface area contributed by atoms with E-state index in [9.17, 15) is 4.79 Å². The van der Waals surface area contributed by atoms with Gasteiger partial charge >= 0.3 is 0 Å². The Morgan fingerprint density at radius 2 is 2.33 bits per heavy atom. The van der Waals surface area contributed by atoms with E-state index in [1.807, 2.05) is 6.07 Å². The van der Waals surface area contributed by atoms with E-state index < -0.39 is 11.2 Å². The van der Waals surface area contributed by atoms with Gasteiger partial charge in [-0.1, -0.05) is 29.4 Å². The number of aromatic nitrogens is 4. The maximum absolute atomic E-state index is 11.0. The maximum atomic E-state index is 11.0. The number of tetrazole rings is 1. The number of halogens is 1. The van der Waals surface area contributed by atoms with Crippen molar-refractivity contribution in [3.8, 4) is 5.69 Å². The second-order valence-corrected chi connectivity index (χ2v) is 5.26. The van der Waals surface area contributed by atoms with Crippen LogP contribution in [0.15, 0.2) is 29.4 Å². The molecule has 2 aromatic rings. The molecule has 6 nitrogen and oxygen atoms in total. The lowest BCUT2D eigenvalue weighted by atomic mass is 10.3. The average molecular weight is 284 g/mol. The molecule has 0 saturated heterocycles. The van der Waals surface area contributed by atoms with Gasteiger partial charge in [0.25, 0.3) is 0 Å². The third-order valence-electron chi connectivity index (χ3n) is 2.18. The first-order valence-electron chi connectivity index (χ1n) is 5.08. The van der Waals surface area contributed by atoms with Crippen LogP contribution in [-0.2, 0) is 4.79 Å².